The van der Waals surface area contributed by atoms with Crippen molar-refractivity contribution in [2.45, 2.75) is 45.4 Å². The van der Waals surface area contributed by atoms with Crippen molar-refractivity contribution in [1.29, 1.82) is 0 Å². The number of unbranched alkanes of at least 4 members (excludes halogenated alkanes) is 4. The van der Waals surface area contributed by atoms with Crippen molar-refractivity contribution in [2.24, 2.45) is 0 Å². The number of ether oxygens (including phenoxy) is 1. The Bertz CT molecular complexity index is 347. The fraction of sp³-hybridized carbons (Fsp3) is 0.500. The van der Waals surface area contributed by atoms with Gasteiger partial charge in [0.15, 0.2) is 0 Å². The van der Waals surface area contributed by atoms with Crippen LogP contribution in [0.1, 0.15) is 44.6 Å². The van der Waals surface area contributed by atoms with Gasteiger partial charge in [0, 0.05) is 0 Å². The summed E-state index contributed by atoms with van der Waals surface area (Å²) >= 11 is 0. The number of carbonyl (C=O) groups is 1. The normalized spacial score (nSPS) is 10.2. The topological polar surface area (TPSA) is 46.5 Å². The number of rotatable bonds is 7. The zero-order valence-corrected chi connectivity index (χ0v) is 10.3. The molecule has 0 radical (unpaired) electrons. The summed E-state index contributed by atoms with van der Waals surface area (Å²) in [5, 5.41) is 8.61. The van der Waals surface area contributed by atoms with E-state index < -0.39 is 6.16 Å². The first-order valence-electron chi connectivity index (χ1n) is 6.22. The second-order valence-corrected chi connectivity index (χ2v) is 4.14. The van der Waals surface area contributed by atoms with Crippen LogP contribution in [0.25, 0.3) is 0 Å². The number of para-hydroxylation sites is 1. The van der Waals surface area contributed by atoms with Gasteiger partial charge in [0.2, 0.25) is 0 Å². The zero-order valence-electron chi connectivity index (χ0n) is 10.3. The molecule has 0 amide bonds. The first-order valence-corrected chi connectivity index (χ1v) is 6.22. The van der Waals surface area contributed by atoms with E-state index in [0.29, 0.717) is 5.75 Å². The van der Waals surface area contributed by atoms with Gasteiger partial charge in [-0.05, 0) is 24.5 Å². The second-order valence-electron chi connectivity index (χ2n) is 4.14. The molecule has 0 saturated heterocycles. The Morgan fingerprint density at radius 1 is 1.18 bits per heavy atom. The SMILES string of the molecule is CCCCCCCc1ccccc1OC(=O)O. The summed E-state index contributed by atoms with van der Waals surface area (Å²) in [7, 11) is 0. The van der Waals surface area contributed by atoms with E-state index in [-0.39, 0.29) is 0 Å². The molecule has 0 saturated carbocycles. The minimum atomic E-state index is -1.25. The Morgan fingerprint density at radius 2 is 1.88 bits per heavy atom. The fourth-order valence-corrected chi connectivity index (χ4v) is 1.82. The summed E-state index contributed by atoms with van der Waals surface area (Å²) in [6, 6.07) is 7.34. The molecular weight excluding hydrogens is 216 g/mol. The fourth-order valence-electron chi connectivity index (χ4n) is 1.82. The molecule has 0 aliphatic heterocycles. The van der Waals surface area contributed by atoms with Gasteiger partial charge in [0.1, 0.15) is 5.75 Å². The van der Waals surface area contributed by atoms with E-state index in [0.717, 1.165) is 18.4 Å². The van der Waals surface area contributed by atoms with Gasteiger partial charge in [-0.25, -0.2) is 4.79 Å². The maximum Gasteiger partial charge on any atom is 0.511 e. The monoisotopic (exact) mass is 236 g/mol. The van der Waals surface area contributed by atoms with E-state index in [9.17, 15) is 4.79 Å². The molecule has 0 unspecified atom stereocenters. The Kier molecular flexibility index (Phi) is 6.15. The number of hydrogen-bond acceptors (Lipinski definition) is 2. The first kappa shape index (κ1) is 13.6. The lowest BCUT2D eigenvalue weighted by Gasteiger charge is -2.07. The Morgan fingerprint density at radius 3 is 2.59 bits per heavy atom. The van der Waals surface area contributed by atoms with Gasteiger partial charge >= 0.3 is 6.16 Å². The van der Waals surface area contributed by atoms with Crippen LogP contribution in [0.4, 0.5) is 4.79 Å². The molecule has 94 valence electrons. The molecule has 0 heterocycles. The molecule has 1 aromatic rings. The van der Waals surface area contributed by atoms with E-state index in [4.69, 9.17) is 9.84 Å². The van der Waals surface area contributed by atoms with Crippen molar-refractivity contribution in [3.8, 4) is 5.75 Å². The van der Waals surface area contributed by atoms with Crippen molar-refractivity contribution >= 4 is 6.16 Å². The number of aryl methyl sites for hydroxylation is 1. The Balaban J connectivity index is 2.43. The minimum Gasteiger partial charge on any atom is -0.449 e. The molecule has 1 aromatic carbocycles. The van der Waals surface area contributed by atoms with Gasteiger partial charge in [-0.3, -0.25) is 0 Å². The van der Waals surface area contributed by atoms with Crippen molar-refractivity contribution in [1.82, 2.24) is 0 Å². The average molecular weight is 236 g/mol. The molecular formula is C14H20O3. The lowest BCUT2D eigenvalue weighted by Crippen LogP contribution is -2.05. The van der Waals surface area contributed by atoms with Crippen LogP contribution in [0.15, 0.2) is 24.3 Å². The van der Waals surface area contributed by atoms with Crippen LogP contribution in [0.3, 0.4) is 0 Å². The Hall–Kier alpha value is -1.51. The average Bonchev–Trinajstić information content (AvgIpc) is 2.30. The molecule has 1 N–H and O–H groups in total. The van der Waals surface area contributed by atoms with Crippen LogP contribution in [0.5, 0.6) is 5.75 Å². The molecule has 1 rings (SSSR count). The quantitative estimate of drug-likeness (QED) is 0.437. The summed E-state index contributed by atoms with van der Waals surface area (Å²) < 4.78 is 4.74. The lowest BCUT2D eigenvalue weighted by molar-refractivity contribution is 0.144. The van der Waals surface area contributed by atoms with Crippen molar-refractivity contribution in [3.05, 3.63) is 29.8 Å². The van der Waals surface area contributed by atoms with Gasteiger partial charge in [-0.15, -0.1) is 0 Å². The largest absolute Gasteiger partial charge is 0.511 e. The van der Waals surface area contributed by atoms with Crippen LogP contribution < -0.4 is 4.74 Å². The van der Waals surface area contributed by atoms with E-state index in [1.165, 1.54) is 25.7 Å². The summed E-state index contributed by atoms with van der Waals surface area (Å²) in [5.41, 5.74) is 0.978. The van der Waals surface area contributed by atoms with Crippen LogP contribution in [-0.4, -0.2) is 11.3 Å². The van der Waals surface area contributed by atoms with E-state index in [1.54, 1.807) is 12.1 Å². The first-order chi connectivity index (χ1) is 8.24. The van der Waals surface area contributed by atoms with Crippen LogP contribution in [0, 0.1) is 0 Å². The highest BCUT2D eigenvalue weighted by molar-refractivity contribution is 5.62. The smallest absolute Gasteiger partial charge is 0.449 e. The summed E-state index contributed by atoms with van der Waals surface area (Å²) in [6.07, 6.45) is 5.66. The van der Waals surface area contributed by atoms with Gasteiger partial charge in [0.05, 0.1) is 0 Å². The highest BCUT2D eigenvalue weighted by atomic mass is 16.7. The Labute approximate surface area is 102 Å². The van der Waals surface area contributed by atoms with E-state index >= 15 is 0 Å². The van der Waals surface area contributed by atoms with Gasteiger partial charge < -0.3 is 9.84 Å². The van der Waals surface area contributed by atoms with Crippen LogP contribution >= 0.6 is 0 Å². The molecule has 3 heteroatoms. The zero-order chi connectivity index (χ0) is 12.5. The van der Waals surface area contributed by atoms with Crippen molar-refractivity contribution in [2.75, 3.05) is 0 Å². The highest BCUT2D eigenvalue weighted by Gasteiger charge is 2.06. The predicted molar refractivity (Wildman–Crippen MR) is 67.6 cm³/mol. The molecule has 0 fully saturated rings. The standard InChI is InChI=1S/C14H20O3/c1-2-3-4-5-6-9-12-10-7-8-11-13(12)17-14(15)16/h7-8,10-11H,2-6,9H2,1H3,(H,15,16). The second kappa shape index (κ2) is 7.71. The summed E-state index contributed by atoms with van der Waals surface area (Å²) in [6.45, 7) is 2.19. The number of benzene rings is 1. The van der Waals surface area contributed by atoms with Crippen LogP contribution in [0.2, 0.25) is 0 Å². The molecule has 3 nitrogen and oxygen atoms in total. The molecule has 0 aliphatic rings. The number of carboxylic acid groups (broad SMARTS) is 1. The molecule has 0 atom stereocenters. The highest BCUT2D eigenvalue weighted by Crippen LogP contribution is 2.20. The summed E-state index contributed by atoms with van der Waals surface area (Å²) in [4.78, 5) is 10.5. The molecule has 0 spiro atoms. The molecule has 0 aromatic heterocycles. The van der Waals surface area contributed by atoms with E-state index in [1.807, 2.05) is 12.1 Å². The van der Waals surface area contributed by atoms with Gasteiger partial charge in [-0.2, -0.15) is 0 Å². The molecule has 17 heavy (non-hydrogen) atoms. The van der Waals surface area contributed by atoms with Gasteiger partial charge in [0.25, 0.3) is 0 Å². The maximum absolute atomic E-state index is 10.5. The summed E-state index contributed by atoms with van der Waals surface area (Å²) in [5.74, 6) is 0.468. The molecule has 0 aliphatic carbocycles. The predicted octanol–water partition coefficient (Wildman–Crippen LogP) is 4.26. The third-order valence-electron chi connectivity index (χ3n) is 2.72. The van der Waals surface area contributed by atoms with Crippen molar-refractivity contribution in [3.63, 3.8) is 0 Å². The lowest BCUT2D eigenvalue weighted by atomic mass is 10.0. The van der Waals surface area contributed by atoms with Gasteiger partial charge in [-0.1, -0.05) is 50.8 Å². The third kappa shape index (κ3) is 5.38. The molecule has 0 bridgehead atoms. The van der Waals surface area contributed by atoms with Crippen LogP contribution in [-0.2, 0) is 6.42 Å². The maximum atomic E-state index is 10.5. The van der Waals surface area contributed by atoms with E-state index in [2.05, 4.69) is 6.92 Å². The number of hydrogen-bond donors (Lipinski definition) is 1. The minimum absolute atomic E-state index is 0.468. The third-order valence-corrected chi connectivity index (χ3v) is 2.72. The van der Waals surface area contributed by atoms with Crippen molar-refractivity contribution < 1.29 is 14.6 Å².